The second-order valence-electron chi connectivity index (χ2n) is 6.99. The van der Waals surface area contributed by atoms with Gasteiger partial charge in [0.25, 0.3) is 11.1 Å². The zero-order valence-electron chi connectivity index (χ0n) is 17.1. The Labute approximate surface area is 208 Å². The van der Waals surface area contributed by atoms with Crippen molar-refractivity contribution in [1.29, 1.82) is 0 Å². The minimum Gasteiger partial charge on any atom is -0.450 e. The van der Waals surface area contributed by atoms with Gasteiger partial charge in [0.05, 0.1) is 4.91 Å². The fourth-order valence-electron chi connectivity index (χ4n) is 2.91. The number of amides is 3. The summed E-state index contributed by atoms with van der Waals surface area (Å²) in [5.74, 6) is -0.620. The summed E-state index contributed by atoms with van der Waals surface area (Å²) in [6, 6.07) is 15.9. The van der Waals surface area contributed by atoms with Crippen molar-refractivity contribution in [1.82, 2.24) is 4.90 Å². The Balaban J connectivity index is 1.41. The molecule has 6 nitrogen and oxygen atoms in total. The summed E-state index contributed by atoms with van der Waals surface area (Å²) in [6.45, 7) is 1.42. The van der Waals surface area contributed by atoms with Crippen molar-refractivity contribution < 1.29 is 18.8 Å². The monoisotopic (exact) mass is 518 g/mol. The molecule has 1 aromatic heterocycles. The molecule has 0 spiro atoms. The van der Waals surface area contributed by atoms with Crippen LogP contribution in [0.4, 0.5) is 10.5 Å². The number of nitrogens with zero attached hydrogens (tertiary/aromatic N) is 1. The van der Waals surface area contributed by atoms with Crippen LogP contribution >= 0.6 is 46.7 Å². The molecule has 3 amide bonds. The number of nitrogens with one attached hydrogen (secondary N) is 1. The predicted octanol–water partition coefficient (Wildman–Crippen LogP) is 6.72. The maximum atomic E-state index is 12.7. The van der Waals surface area contributed by atoms with E-state index in [-0.39, 0.29) is 4.91 Å². The van der Waals surface area contributed by atoms with Crippen molar-refractivity contribution in [2.24, 2.45) is 0 Å². The number of imide groups is 1. The summed E-state index contributed by atoms with van der Waals surface area (Å²) in [7, 11) is 0. The van der Waals surface area contributed by atoms with E-state index in [9.17, 15) is 14.4 Å². The van der Waals surface area contributed by atoms with Crippen molar-refractivity contribution in [2.45, 2.75) is 16.9 Å². The molecular formula is C23H16Cl2N2O4S2. The first kappa shape index (κ1) is 23.5. The van der Waals surface area contributed by atoms with Gasteiger partial charge in [0.1, 0.15) is 12.3 Å². The Kier molecular flexibility index (Phi) is 7.19. The molecule has 0 radical (unpaired) electrons. The zero-order chi connectivity index (χ0) is 23.5. The Morgan fingerprint density at radius 1 is 1.09 bits per heavy atom. The molecule has 3 aromatic rings. The van der Waals surface area contributed by atoms with E-state index in [0.717, 1.165) is 27.1 Å². The summed E-state index contributed by atoms with van der Waals surface area (Å²) in [5, 5.41) is 3.90. The molecule has 1 aliphatic heterocycles. The highest BCUT2D eigenvalue weighted by Gasteiger charge is 2.36. The lowest BCUT2D eigenvalue weighted by Gasteiger charge is -2.13. The highest BCUT2D eigenvalue weighted by Crippen LogP contribution is 2.34. The number of hydrogen-bond acceptors (Lipinski definition) is 6. The lowest BCUT2D eigenvalue weighted by molar-refractivity contribution is -0.127. The Hall–Kier alpha value is -2.65. The number of carbonyl (C=O) groups excluding carboxylic acids is 3. The smallest absolute Gasteiger partial charge is 0.294 e. The third kappa shape index (κ3) is 5.83. The van der Waals surface area contributed by atoms with Crippen LogP contribution in [0.5, 0.6) is 0 Å². The summed E-state index contributed by atoms with van der Waals surface area (Å²) in [4.78, 5) is 39.5. The van der Waals surface area contributed by atoms with Crippen molar-refractivity contribution in [3.63, 3.8) is 0 Å². The first-order valence-electron chi connectivity index (χ1n) is 9.63. The molecule has 0 saturated carbocycles. The number of carbonyl (C=O) groups is 3. The van der Waals surface area contributed by atoms with Crippen LogP contribution in [-0.2, 0) is 9.59 Å². The summed E-state index contributed by atoms with van der Waals surface area (Å²) in [5.41, 5.74) is 1.34. The molecule has 168 valence electrons. The third-order valence-electron chi connectivity index (χ3n) is 4.56. The predicted molar refractivity (Wildman–Crippen MR) is 132 cm³/mol. The molecule has 33 heavy (non-hydrogen) atoms. The molecule has 4 rings (SSSR count). The number of thioether (sulfide) groups is 1. The number of anilines is 1. The maximum absolute atomic E-state index is 12.7. The normalized spacial score (nSPS) is 14.9. The van der Waals surface area contributed by atoms with Gasteiger partial charge < -0.3 is 9.73 Å². The van der Waals surface area contributed by atoms with E-state index in [1.807, 2.05) is 19.1 Å². The quantitative estimate of drug-likeness (QED) is 0.364. The van der Waals surface area contributed by atoms with Gasteiger partial charge in [-0.25, -0.2) is 0 Å². The zero-order valence-corrected chi connectivity index (χ0v) is 20.3. The van der Waals surface area contributed by atoms with Gasteiger partial charge in [-0.2, -0.15) is 0 Å². The van der Waals surface area contributed by atoms with Gasteiger partial charge in [0.15, 0.2) is 5.09 Å². The summed E-state index contributed by atoms with van der Waals surface area (Å²) >= 11 is 14.0. The van der Waals surface area contributed by atoms with E-state index in [2.05, 4.69) is 5.32 Å². The molecule has 0 atom stereocenters. The highest BCUT2D eigenvalue weighted by molar-refractivity contribution is 8.18. The van der Waals surface area contributed by atoms with Gasteiger partial charge in [0, 0.05) is 26.7 Å². The lowest BCUT2D eigenvalue weighted by atomic mass is 10.2. The number of rotatable bonds is 6. The van der Waals surface area contributed by atoms with Crippen LogP contribution in [0.1, 0.15) is 11.3 Å². The molecule has 10 heteroatoms. The van der Waals surface area contributed by atoms with E-state index in [0.29, 0.717) is 26.6 Å². The van der Waals surface area contributed by atoms with Gasteiger partial charge in [0.2, 0.25) is 5.91 Å². The minimum atomic E-state index is -0.550. The second-order valence-corrected chi connectivity index (χ2v) is 9.93. The van der Waals surface area contributed by atoms with Crippen molar-refractivity contribution >= 4 is 75.5 Å². The molecule has 0 aliphatic carbocycles. The topological polar surface area (TPSA) is 79.6 Å². The van der Waals surface area contributed by atoms with E-state index >= 15 is 0 Å². The molecule has 1 N–H and O–H groups in total. The van der Waals surface area contributed by atoms with Crippen LogP contribution in [0.2, 0.25) is 10.0 Å². The van der Waals surface area contributed by atoms with Crippen LogP contribution in [0.25, 0.3) is 6.08 Å². The summed E-state index contributed by atoms with van der Waals surface area (Å²) in [6.07, 6.45) is 1.50. The standard InChI is InChI=1S/C23H16Cl2N2O4S2/c1-13-2-3-15(25)10-18(13)26-20(28)12-27-22(29)19(33-23(27)30)11-16-6-9-21(31-16)32-17-7-4-14(24)5-8-17/h2-11H,12H2,1H3,(H,26,28)/b19-11-. The molecule has 1 saturated heterocycles. The Morgan fingerprint density at radius 2 is 1.82 bits per heavy atom. The highest BCUT2D eigenvalue weighted by atomic mass is 35.5. The van der Waals surface area contributed by atoms with Gasteiger partial charge in [-0.05, 0) is 72.8 Å². The van der Waals surface area contributed by atoms with Crippen LogP contribution in [0.15, 0.2) is 73.9 Å². The fraction of sp³-hybridized carbons (Fsp3) is 0.0870. The van der Waals surface area contributed by atoms with E-state index < -0.39 is 23.6 Å². The maximum Gasteiger partial charge on any atom is 0.294 e. The average Bonchev–Trinajstić information content (AvgIpc) is 3.31. The third-order valence-corrected chi connectivity index (χ3v) is 6.88. The first-order chi connectivity index (χ1) is 15.8. The number of aryl methyl sites for hydroxylation is 1. The molecule has 1 aliphatic rings. The summed E-state index contributed by atoms with van der Waals surface area (Å²) < 4.78 is 5.75. The van der Waals surface area contributed by atoms with Gasteiger partial charge in [-0.3, -0.25) is 19.3 Å². The Bertz CT molecular complexity index is 1270. The fourth-order valence-corrected chi connectivity index (χ4v) is 4.81. The lowest BCUT2D eigenvalue weighted by Crippen LogP contribution is -2.36. The van der Waals surface area contributed by atoms with Crippen LogP contribution in [0.3, 0.4) is 0 Å². The van der Waals surface area contributed by atoms with E-state index in [1.54, 1.807) is 42.5 Å². The average molecular weight is 519 g/mol. The molecule has 2 aromatic carbocycles. The number of halogens is 2. The van der Waals surface area contributed by atoms with Crippen LogP contribution in [-0.4, -0.2) is 28.5 Å². The van der Waals surface area contributed by atoms with E-state index in [4.69, 9.17) is 27.6 Å². The molecule has 2 heterocycles. The largest absolute Gasteiger partial charge is 0.450 e. The number of hydrogen-bond donors (Lipinski definition) is 1. The second kappa shape index (κ2) is 10.1. The van der Waals surface area contributed by atoms with Crippen LogP contribution in [0, 0.1) is 6.92 Å². The number of benzene rings is 2. The molecule has 0 bridgehead atoms. The van der Waals surface area contributed by atoms with Gasteiger partial charge in [-0.1, -0.05) is 41.0 Å². The minimum absolute atomic E-state index is 0.184. The van der Waals surface area contributed by atoms with Crippen molar-refractivity contribution in [3.8, 4) is 0 Å². The number of furan rings is 1. The van der Waals surface area contributed by atoms with E-state index in [1.165, 1.54) is 17.8 Å². The molecular weight excluding hydrogens is 503 g/mol. The van der Waals surface area contributed by atoms with Gasteiger partial charge in [-0.15, -0.1) is 0 Å². The van der Waals surface area contributed by atoms with Gasteiger partial charge >= 0.3 is 0 Å². The van der Waals surface area contributed by atoms with Crippen molar-refractivity contribution in [2.75, 3.05) is 11.9 Å². The SMILES string of the molecule is Cc1ccc(Cl)cc1NC(=O)CN1C(=O)S/C(=C\c2ccc(Sc3ccc(Cl)cc3)o2)C1=O. The molecule has 1 fully saturated rings. The van der Waals surface area contributed by atoms with Crippen molar-refractivity contribution in [3.05, 3.63) is 80.9 Å². The van der Waals surface area contributed by atoms with Crippen LogP contribution < -0.4 is 5.32 Å². The first-order valence-corrected chi connectivity index (χ1v) is 12.0. The molecule has 0 unspecified atom stereocenters. The Morgan fingerprint density at radius 3 is 2.58 bits per heavy atom.